The number of aliphatic hydroxyl groups is 1. The van der Waals surface area contributed by atoms with Gasteiger partial charge < -0.3 is 42.9 Å². The van der Waals surface area contributed by atoms with Gasteiger partial charge in [0.25, 0.3) is 0 Å². The summed E-state index contributed by atoms with van der Waals surface area (Å²) < 4.78 is 43.4. The lowest BCUT2D eigenvalue weighted by atomic mass is 10.0. The molecule has 1 saturated carbocycles. The van der Waals surface area contributed by atoms with Gasteiger partial charge in [0.15, 0.2) is 0 Å². The third kappa shape index (κ3) is 13.5. The van der Waals surface area contributed by atoms with Crippen molar-refractivity contribution in [3.05, 3.63) is 0 Å². The standard InChI is InChI=1S/C19H40O10P2/c1-17(2)31(22,23)29-16-18(20)15-27-12-11-25-8-7-24-9-10-26-13-14-28-30(3,21)19-5-4-6-19/h17-18,20-21H,4-16H2,1-3H3,(H,22,23). The molecule has 1 fully saturated rings. The molecule has 1 aliphatic carbocycles. The molecule has 0 aromatic carbocycles. The zero-order valence-electron chi connectivity index (χ0n) is 18.9. The van der Waals surface area contributed by atoms with Crippen molar-refractivity contribution in [2.75, 3.05) is 72.7 Å². The van der Waals surface area contributed by atoms with Gasteiger partial charge in [-0.25, -0.2) is 0 Å². The summed E-state index contributed by atoms with van der Waals surface area (Å²) in [6.07, 6.45) is 2.13. The Balaban J connectivity index is 1.83. The summed E-state index contributed by atoms with van der Waals surface area (Å²) in [6, 6.07) is 0. The maximum absolute atomic E-state index is 11.6. The van der Waals surface area contributed by atoms with E-state index in [-0.39, 0.29) is 19.8 Å². The van der Waals surface area contributed by atoms with Crippen LogP contribution in [-0.4, -0.2) is 105 Å². The first-order valence-electron chi connectivity index (χ1n) is 10.7. The van der Waals surface area contributed by atoms with Crippen molar-refractivity contribution < 1.29 is 47.5 Å². The van der Waals surface area contributed by atoms with Crippen molar-refractivity contribution in [2.45, 2.75) is 44.9 Å². The fourth-order valence-corrected chi connectivity index (χ4v) is 4.83. The second-order valence-electron chi connectivity index (χ2n) is 7.65. The summed E-state index contributed by atoms with van der Waals surface area (Å²) in [7, 11) is -5.99. The Kier molecular flexibility index (Phi) is 15.0. The average Bonchev–Trinajstić information content (AvgIpc) is 2.64. The Morgan fingerprint density at radius 1 is 0.806 bits per heavy atom. The van der Waals surface area contributed by atoms with Crippen LogP contribution in [0.15, 0.2) is 0 Å². The zero-order chi connectivity index (χ0) is 23.2. The number of hydrogen-bond donors (Lipinski definition) is 3. The van der Waals surface area contributed by atoms with E-state index in [1.54, 1.807) is 20.5 Å². The molecule has 3 N–H and O–H groups in total. The first-order valence-corrected chi connectivity index (χ1v) is 14.5. The summed E-state index contributed by atoms with van der Waals surface area (Å²) in [5.74, 6) is 0. The van der Waals surface area contributed by atoms with Crippen molar-refractivity contribution in [2.24, 2.45) is 0 Å². The van der Waals surface area contributed by atoms with E-state index in [1.165, 1.54) is 0 Å². The Bertz CT molecular complexity index is 572. The normalized spacial score (nSPS) is 19.1. The maximum Gasteiger partial charge on any atom is 0.330 e. The van der Waals surface area contributed by atoms with Crippen molar-refractivity contribution in [3.8, 4) is 0 Å². The molecule has 0 aromatic heterocycles. The van der Waals surface area contributed by atoms with Crippen LogP contribution in [0.1, 0.15) is 33.1 Å². The van der Waals surface area contributed by atoms with Gasteiger partial charge in [-0.1, -0.05) is 13.8 Å². The Labute approximate surface area is 185 Å². The summed E-state index contributed by atoms with van der Waals surface area (Å²) in [5, 5.41) is 10.8. The molecule has 0 saturated heterocycles. The highest BCUT2D eigenvalue weighted by Crippen LogP contribution is 2.47. The van der Waals surface area contributed by atoms with Gasteiger partial charge in [-0.3, -0.25) is 4.57 Å². The average molecular weight is 490 g/mol. The molecule has 31 heavy (non-hydrogen) atoms. The Morgan fingerprint density at radius 2 is 1.29 bits per heavy atom. The predicted molar refractivity (Wildman–Crippen MR) is 120 cm³/mol. The fraction of sp³-hybridized carbons (Fsp3) is 0.947. The van der Waals surface area contributed by atoms with E-state index in [9.17, 15) is 19.5 Å². The summed E-state index contributed by atoms with van der Waals surface area (Å²) in [5.41, 5.74) is -0.517. The third-order valence-corrected chi connectivity index (χ3v) is 8.75. The molecule has 0 spiro atoms. The molecule has 12 heteroatoms. The van der Waals surface area contributed by atoms with E-state index in [2.05, 4.69) is 0 Å². The van der Waals surface area contributed by atoms with Crippen LogP contribution in [0, 0.1) is 0 Å². The van der Waals surface area contributed by atoms with Gasteiger partial charge in [-0.05, 0) is 24.6 Å². The number of hydrogen-bond acceptors (Lipinski definition) is 9. The molecule has 3 atom stereocenters. The minimum atomic E-state index is -3.68. The monoisotopic (exact) mass is 490 g/mol. The molecule has 0 amide bonds. The summed E-state index contributed by atoms with van der Waals surface area (Å²) >= 11 is 0. The summed E-state index contributed by atoms with van der Waals surface area (Å²) in [4.78, 5) is 19.7. The zero-order valence-corrected chi connectivity index (χ0v) is 20.7. The van der Waals surface area contributed by atoms with E-state index < -0.39 is 26.7 Å². The van der Waals surface area contributed by atoms with Gasteiger partial charge in [0.1, 0.15) is 13.4 Å². The predicted octanol–water partition coefficient (Wildman–Crippen LogP) is 1.87. The minimum absolute atomic E-state index is 0.00419. The molecular weight excluding hydrogens is 450 g/mol. The lowest BCUT2D eigenvalue weighted by molar-refractivity contribution is -0.0258. The molecular formula is C19H40O10P2. The first kappa shape index (κ1) is 29.2. The van der Waals surface area contributed by atoms with Crippen molar-refractivity contribution >= 4 is 20.2 Å². The quantitative estimate of drug-likeness (QED) is 0.182. The van der Waals surface area contributed by atoms with Crippen LogP contribution in [0.25, 0.3) is 0 Å². The number of ether oxygens (including phenoxy) is 4. The first-order chi connectivity index (χ1) is 14.6. The van der Waals surface area contributed by atoms with Crippen LogP contribution < -0.4 is 0 Å². The van der Waals surface area contributed by atoms with Gasteiger partial charge in [0.05, 0.1) is 71.7 Å². The van der Waals surface area contributed by atoms with E-state index in [0.717, 1.165) is 24.6 Å². The van der Waals surface area contributed by atoms with Crippen LogP contribution in [0.2, 0.25) is 0 Å². The second-order valence-corrected chi connectivity index (χ2v) is 12.7. The highest BCUT2D eigenvalue weighted by atomic mass is 31.2. The van der Waals surface area contributed by atoms with Crippen molar-refractivity contribution in [1.29, 1.82) is 0 Å². The van der Waals surface area contributed by atoms with Crippen LogP contribution in [-0.2, 0) is 32.6 Å². The van der Waals surface area contributed by atoms with E-state index in [0.29, 0.717) is 46.2 Å². The van der Waals surface area contributed by atoms with Gasteiger partial charge in [0, 0.05) is 6.66 Å². The maximum atomic E-state index is 11.6. The molecule has 3 unspecified atom stereocenters. The fourth-order valence-electron chi connectivity index (χ4n) is 2.38. The SMILES string of the molecule is CC(C)P(=O)(O)OCC(O)COCCOCCOCCOCCOP(C)(O)=C1CCC1. The molecule has 0 radical (unpaired) electrons. The second kappa shape index (κ2) is 15.9. The third-order valence-electron chi connectivity index (χ3n) is 4.62. The number of rotatable bonds is 19. The van der Waals surface area contributed by atoms with Gasteiger partial charge in [-0.2, -0.15) is 0 Å². The van der Waals surface area contributed by atoms with Gasteiger partial charge >= 0.3 is 7.60 Å². The van der Waals surface area contributed by atoms with Gasteiger partial charge in [-0.15, -0.1) is 0 Å². The minimum Gasteiger partial charge on any atom is -0.388 e. The molecule has 10 nitrogen and oxygen atoms in total. The molecule has 1 rings (SSSR count). The summed E-state index contributed by atoms with van der Waals surface area (Å²) in [6.45, 7) is 7.85. The smallest absolute Gasteiger partial charge is 0.330 e. The molecule has 0 aromatic rings. The van der Waals surface area contributed by atoms with Crippen molar-refractivity contribution in [1.82, 2.24) is 0 Å². The van der Waals surface area contributed by atoms with E-state index >= 15 is 0 Å². The van der Waals surface area contributed by atoms with Crippen LogP contribution in [0.5, 0.6) is 0 Å². The van der Waals surface area contributed by atoms with Crippen LogP contribution in [0.4, 0.5) is 0 Å². The lowest BCUT2D eigenvalue weighted by Gasteiger charge is -2.26. The Morgan fingerprint density at radius 3 is 1.74 bits per heavy atom. The lowest BCUT2D eigenvalue weighted by Crippen LogP contribution is -2.23. The van der Waals surface area contributed by atoms with Crippen LogP contribution in [0.3, 0.4) is 0 Å². The van der Waals surface area contributed by atoms with E-state index in [1.807, 2.05) is 0 Å². The van der Waals surface area contributed by atoms with Crippen molar-refractivity contribution in [3.63, 3.8) is 0 Å². The topological polar surface area (TPSA) is 133 Å². The van der Waals surface area contributed by atoms with E-state index in [4.69, 9.17) is 28.0 Å². The Hall–Kier alpha value is 0.170. The molecule has 186 valence electrons. The molecule has 0 heterocycles. The molecule has 0 bridgehead atoms. The highest BCUT2D eigenvalue weighted by Gasteiger charge is 2.25. The van der Waals surface area contributed by atoms with Crippen LogP contribution >= 0.6 is 14.9 Å². The highest BCUT2D eigenvalue weighted by molar-refractivity contribution is 7.65. The molecule has 1 aliphatic rings. The molecule has 0 aliphatic heterocycles. The van der Waals surface area contributed by atoms with Gasteiger partial charge in [0.2, 0.25) is 0 Å². The largest absolute Gasteiger partial charge is 0.388 e. The number of aliphatic hydroxyl groups excluding tert-OH is 1.